The molecule has 1 aromatic heterocycles. The number of hydrogen-bond donors (Lipinski definition) is 1. The highest BCUT2D eigenvalue weighted by atomic mass is 35.5. The summed E-state index contributed by atoms with van der Waals surface area (Å²) < 4.78 is 1.32. The molecule has 3 rings (SSSR count). The molecule has 0 atom stereocenters. The standard InChI is InChI=1S/C16H10ClN5O2S/c17-12-8-10(22(23)24)6-7-14(12)21-16(19)15(13(9-18)20-21)25-11-4-2-1-3-5-11/h1-8H,19H2. The number of nitrogens with two attached hydrogens (primary N) is 1. The van der Waals surface area contributed by atoms with Gasteiger partial charge in [0.2, 0.25) is 0 Å². The van der Waals surface area contributed by atoms with E-state index in [1.165, 1.54) is 34.6 Å². The van der Waals surface area contributed by atoms with Gasteiger partial charge in [0.1, 0.15) is 11.9 Å². The zero-order chi connectivity index (χ0) is 18.0. The van der Waals surface area contributed by atoms with Crippen molar-refractivity contribution in [2.45, 2.75) is 9.79 Å². The van der Waals surface area contributed by atoms with E-state index in [9.17, 15) is 15.4 Å². The Kier molecular flexibility index (Phi) is 4.61. The van der Waals surface area contributed by atoms with E-state index in [-0.39, 0.29) is 22.2 Å². The summed E-state index contributed by atoms with van der Waals surface area (Å²) >= 11 is 7.45. The highest BCUT2D eigenvalue weighted by Crippen LogP contribution is 2.37. The molecular formula is C16H10ClN5O2S. The summed E-state index contributed by atoms with van der Waals surface area (Å²) in [5, 5.41) is 24.5. The van der Waals surface area contributed by atoms with E-state index in [1.807, 2.05) is 36.4 Å². The number of halogens is 1. The molecule has 1 heterocycles. The maximum atomic E-state index is 10.8. The Morgan fingerprint density at radius 3 is 2.60 bits per heavy atom. The Morgan fingerprint density at radius 2 is 2.00 bits per heavy atom. The molecule has 124 valence electrons. The van der Waals surface area contributed by atoms with Gasteiger partial charge >= 0.3 is 0 Å². The van der Waals surface area contributed by atoms with Crippen LogP contribution in [0.1, 0.15) is 5.69 Å². The van der Waals surface area contributed by atoms with E-state index in [1.54, 1.807) is 0 Å². The van der Waals surface area contributed by atoms with E-state index < -0.39 is 4.92 Å². The van der Waals surface area contributed by atoms with Crippen LogP contribution in [0.2, 0.25) is 5.02 Å². The van der Waals surface area contributed by atoms with Gasteiger partial charge in [-0.3, -0.25) is 10.1 Å². The SMILES string of the molecule is N#Cc1nn(-c2ccc([N+](=O)[O-])cc2Cl)c(N)c1Sc1ccccc1. The topological polar surface area (TPSA) is 111 Å². The van der Waals surface area contributed by atoms with Crippen LogP contribution in [0.4, 0.5) is 11.5 Å². The van der Waals surface area contributed by atoms with Crippen LogP contribution in [0.3, 0.4) is 0 Å². The Labute approximate surface area is 151 Å². The second-order valence-corrected chi connectivity index (χ2v) is 6.39. The first-order valence-electron chi connectivity index (χ1n) is 6.97. The Morgan fingerprint density at radius 1 is 1.28 bits per heavy atom. The predicted octanol–water partition coefficient (Wildman–Crippen LogP) is 4.04. The van der Waals surface area contributed by atoms with Gasteiger partial charge in [-0.05, 0) is 18.2 Å². The van der Waals surface area contributed by atoms with Crippen molar-refractivity contribution in [3.63, 3.8) is 0 Å². The average molecular weight is 372 g/mol. The minimum absolute atomic E-state index is 0.115. The average Bonchev–Trinajstić information content (AvgIpc) is 2.92. The van der Waals surface area contributed by atoms with Gasteiger partial charge in [0, 0.05) is 17.0 Å². The molecule has 2 aromatic carbocycles. The highest BCUT2D eigenvalue weighted by molar-refractivity contribution is 7.99. The fourth-order valence-electron chi connectivity index (χ4n) is 2.16. The van der Waals surface area contributed by atoms with Crippen LogP contribution in [0.15, 0.2) is 58.3 Å². The first kappa shape index (κ1) is 16.8. The number of nitriles is 1. The molecule has 0 radical (unpaired) electrons. The first-order chi connectivity index (χ1) is 12.0. The lowest BCUT2D eigenvalue weighted by molar-refractivity contribution is -0.384. The number of nitro groups is 1. The largest absolute Gasteiger partial charge is 0.383 e. The van der Waals surface area contributed by atoms with Gasteiger partial charge < -0.3 is 5.73 Å². The molecule has 0 saturated carbocycles. The van der Waals surface area contributed by atoms with Gasteiger partial charge in [-0.2, -0.15) is 10.4 Å². The quantitative estimate of drug-likeness (QED) is 0.547. The van der Waals surface area contributed by atoms with Crippen molar-refractivity contribution in [1.29, 1.82) is 5.26 Å². The van der Waals surface area contributed by atoms with Gasteiger partial charge in [-0.15, -0.1) is 0 Å². The summed E-state index contributed by atoms with van der Waals surface area (Å²) in [6, 6.07) is 15.4. The molecule has 3 aromatic rings. The maximum Gasteiger partial charge on any atom is 0.271 e. The molecule has 9 heteroatoms. The van der Waals surface area contributed by atoms with Gasteiger partial charge in [0.25, 0.3) is 5.69 Å². The normalized spacial score (nSPS) is 10.4. The van der Waals surface area contributed by atoms with E-state index in [4.69, 9.17) is 17.3 Å². The third-order valence-corrected chi connectivity index (χ3v) is 4.73. The molecular weight excluding hydrogens is 362 g/mol. The molecule has 0 amide bonds. The smallest absolute Gasteiger partial charge is 0.271 e. The summed E-state index contributed by atoms with van der Waals surface area (Å²) in [5.74, 6) is 0.237. The fraction of sp³-hybridized carbons (Fsp3) is 0. The van der Waals surface area contributed by atoms with E-state index >= 15 is 0 Å². The van der Waals surface area contributed by atoms with Crippen LogP contribution in [-0.2, 0) is 0 Å². The number of nitrogen functional groups attached to an aromatic ring is 1. The van der Waals surface area contributed by atoms with Crippen molar-refractivity contribution >= 4 is 34.9 Å². The van der Waals surface area contributed by atoms with Crippen LogP contribution in [0.25, 0.3) is 5.69 Å². The molecule has 0 aliphatic heterocycles. The lowest BCUT2D eigenvalue weighted by Gasteiger charge is -2.07. The number of non-ortho nitro benzene ring substituents is 1. The van der Waals surface area contributed by atoms with Crippen LogP contribution in [-0.4, -0.2) is 14.7 Å². The van der Waals surface area contributed by atoms with E-state index in [0.29, 0.717) is 10.6 Å². The van der Waals surface area contributed by atoms with Crippen LogP contribution in [0, 0.1) is 21.4 Å². The van der Waals surface area contributed by atoms with Gasteiger partial charge in [0.05, 0.1) is 20.5 Å². The Hall–Kier alpha value is -3.02. The molecule has 0 fully saturated rings. The van der Waals surface area contributed by atoms with E-state index in [2.05, 4.69) is 5.10 Å². The molecule has 25 heavy (non-hydrogen) atoms. The Balaban J connectivity index is 2.07. The zero-order valence-electron chi connectivity index (χ0n) is 12.6. The molecule has 0 saturated heterocycles. The number of nitro benzene ring substituents is 1. The fourth-order valence-corrected chi connectivity index (χ4v) is 3.32. The zero-order valence-corrected chi connectivity index (χ0v) is 14.2. The summed E-state index contributed by atoms with van der Waals surface area (Å²) in [4.78, 5) is 11.7. The van der Waals surface area contributed by atoms with Crippen molar-refractivity contribution in [3.8, 4) is 11.8 Å². The molecule has 0 unspecified atom stereocenters. The summed E-state index contributed by atoms with van der Waals surface area (Å²) in [6.07, 6.45) is 0. The van der Waals surface area contributed by atoms with E-state index in [0.717, 1.165) is 4.90 Å². The molecule has 0 aliphatic carbocycles. The lowest BCUT2D eigenvalue weighted by Crippen LogP contribution is -2.03. The number of anilines is 1. The van der Waals surface area contributed by atoms with Crippen molar-refractivity contribution in [1.82, 2.24) is 9.78 Å². The van der Waals surface area contributed by atoms with Crippen LogP contribution >= 0.6 is 23.4 Å². The maximum absolute atomic E-state index is 10.8. The molecule has 2 N–H and O–H groups in total. The van der Waals surface area contributed by atoms with Crippen molar-refractivity contribution < 1.29 is 4.92 Å². The third-order valence-electron chi connectivity index (χ3n) is 3.32. The second-order valence-electron chi connectivity index (χ2n) is 4.89. The predicted molar refractivity (Wildman–Crippen MR) is 94.9 cm³/mol. The number of rotatable bonds is 4. The number of nitrogens with zero attached hydrogens (tertiary/aromatic N) is 4. The van der Waals surface area contributed by atoms with Crippen LogP contribution in [0.5, 0.6) is 0 Å². The van der Waals surface area contributed by atoms with Gasteiger partial charge in [-0.1, -0.05) is 41.6 Å². The van der Waals surface area contributed by atoms with Crippen molar-refractivity contribution in [3.05, 3.63) is 69.4 Å². The second kappa shape index (κ2) is 6.84. The van der Waals surface area contributed by atoms with Crippen molar-refractivity contribution in [2.75, 3.05) is 5.73 Å². The summed E-state index contributed by atoms with van der Waals surface area (Å²) in [7, 11) is 0. The first-order valence-corrected chi connectivity index (χ1v) is 8.16. The molecule has 0 spiro atoms. The van der Waals surface area contributed by atoms with Crippen molar-refractivity contribution in [2.24, 2.45) is 0 Å². The number of benzene rings is 2. The number of aromatic nitrogens is 2. The van der Waals surface area contributed by atoms with Gasteiger partial charge in [-0.25, -0.2) is 4.68 Å². The monoisotopic (exact) mass is 371 g/mol. The van der Waals surface area contributed by atoms with Gasteiger partial charge in [0.15, 0.2) is 5.69 Å². The minimum Gasteiger partial charge on any atom is -0.383 e. The number of hydrogen-bond acceptors (Lipinski definition) is 6. The summed E-state index contributed by atoms with van der Waals surface area (Å²) in [6.45, 7) is 0. The minimum atomic E-state index is -0.542. The summed E-state index contributed by atoms with van der Waals surface area (Å²) in [5.41, 5.74) is 6.54. The molecule has 7 nitrogen and oxygen atoms in total. The van der Waals surface area contributed by atoms with Crippen LogP contribution < -0.4 is 5.73 Å². The Bertz CT molecular complexity index is 998. The highest BCUT2D eigenvalue weighted by Gasteiger charge is 2.20. The molecule has 0 aliphatic rings. The lowest BCUT2D eigenvalue weighted by atomic mass is 10.3. The third kappa shape index (κ3) is 3.28. The molecule has 0 bridgehead atoms.